The highest BCUT2D eigenvalue weighted by Crippen LogP contribution is 2.32. The molecule has 0 radical (unpaired) electrons. The second kappa shape index (κ2) is 7.18. The lowest BCUT2D eigenvalue weighted by molar-refractivity contribution is 0.351. The van der Waals surface area contributed by atoms with E-state index < -0.39 is 0 Å². The van der Waals surface area contributed by atoms with E-state index in [0.29, 0.717) is 6.04 Å². The van der Waals surface area contributed by atoms with Crippen LogP contribution in [0.2, 0.25) is 0 Å². The molecule has 0 amide bonds. The molecule has 1 aliphatic carbocycles. The molecule has 122 valence electrons. The maximum atomic E-state index is 4.94. The van der Waals surface area contributed by atoms with E-state index in [2.05, 4.69) is 64.5 Å². The lowest BCUT2D eigenvalue weighted by Crippen LogP contribution is -2.23. The standard InChI is InChI=1S/C21H22N2S/c1-4-10-17(11-5-1)20-16-24-21(22-18-12-6-2-7-13-18)23(20)19-14-8-3-9-15-19/h1-2,4-7,10-13,16,19H,3,8-9,14-15H2. The Labute approximate surface area is 147 Å². The highest BCUT2D eigenvalue weighted by Gasteiger charge is 2.20. The van der Waals surface area contributed by atoms with Crippen LogP contribution in [0.5, 0.6) is 0 Å². The molecule has 2 nitrogen and oxygen atoms in total. The molecule has 0 atom stereocenters. The van der Waals surface area contributed by atoms with Crippen LogP contribution in [0.1, 0.15) is 38.1 Å². The first-order chi connectivity index (χ1) is 11.9. The summed E-state index contributed by atoms with van der Waals surface area (Å²) in [5, 5.41) is 2.27. The number of rotatable bonds is 3. The summed E-state index contributed by atoms with van der Waals surface area (Å²) in [5.41, 5.74) is 3.62. The van der Waals surface area contributed by atoms with Gasteiger partial charge in [0.2, 0.25) is 0 Å². The normalized spacial score (nSPS) is 16.4. The number of thiazole rings is 1. The van der Waals surface area contributed by atoms with Crippen LogP contribution in [-0.4, -0.2) is 4.57 Å². The smallest absolute Gasteiger partial charge is 0.190 e. The minimum Gasteiger partial charge on any atom is -0.313 e. The number of para-hydroxylation sites is 1. The second-order valence-corrected chi connectivity index (χ2v) is 7.22. The predicted molar refractivity (Wildman–Crippen MR) is 102 cm³/mol. The van der Waals surface area contributed by atoms with Crippen LogP contribution in [0.25, 0.3) is 11.3 Å². The predicted octanol–water partition coefficient (Wildman–Crippen LogP) is 5.95. The van der Waals surface area contributed by atoms with Crippen molar-refractivity contribution in [2.24, 2.45) is 4.99 Å². The summed E-state index contributed by atoms with van der Waals surface area (Å²) >= 11 is 1.76. The van der Waals surface area contributed by atoms with E-state index in [-0.39, 0.29) is 0 Å². The molecule has 1 aromatic heterocycles. The number of hydrogen-bond acceptors (Lipinski definition) is 2. The number of aromatic nitrogens is 1. The SMILES string of the molecule is c1ccc(N=c2scc(-c3ccccc3)n2C2CCCCC2)cc1. The molecule has 24 heavy (non-hydrogen) atoms. The van der Waals surface area contributed by atoms with Crippen LogP contribution in [0.3, 0.4) is 0 Å². The van der Waals surface area contributed by atoms with Crippen molar-refractivity contribution >= 4 is 17.0 Å². The van der Waals surface area contributed by atoms with Crippen molar-refractivity contribution in [3.8, 4) is 11.3 Å². The molecule has 3 aromatic rings. The first-order valence-electron chi connectivity index (χ1n) is 8.77. The van der Waals surface area contributed by atoms with Gasteiger partial charge in [0.25, 0.3) is 0 Å². The highest BCUT2D eigenvalue weighted by atomic mass is 32.1. The summed E-state index contributed by atoms with van der Waals surface area (Å²) in [4.78, 5) is 6.06. The Morgan fingerprint density at radius 3 is 2.21 bits per heavy atom. The summed E-state index contributed by atoms with van der Waals surface area (Å²) in [6, 6.07) is 21.6. The minimum atomic E-state index is 0.572. The van der Waals surface area contributed by atoms with Gasteiger partial charge in [0.05, 0.1) is 11.4 Å². The van der Waals surface area contributed by atoms with Crippen LogP contribution in [0.4, 0.5) is 5.69 Å². The zero-order valence-corrected chi connectivity index (χ0v) is 14.6. The zero-order chi connectivity index (χ0) is 16.2. The lowest BCUT2D eigenvalue weighted by Gasteiger charge is -2.25. The number of hydrogen-bond donors (Lipinski definition) is 0. The van der Waals surface area contributed by atoms with Gasteiger partial charge in [0, 0.05) is 11.4 Å². The average molecular weight is 334 g/mol. The number of benzene rings is 2. The van der Waals surface area contributed by atoms with Crippen molar-refractivity contribution in [1.82, 2.24) is 4.57 Å². The van der Waals surface area contributed by atoms with Crippen LogP contribution < -0.4 is 4.80 Å². The van der Waals surface area contributed by atoms with E-state index in [0.717, 1.165) is 10.5 Å². The van der Waals surface area contributed by atoms with Crippen molar-refractivity contribution in [2.75, 3.05) is 0 Å². The van der Waals surface area contributed by atoms with E-state index in [1.54, 1.807) is 11.3 Å². The monoisotopic (exact) mass is 334 g/mol. The largest absolute Gasteiger partial charge is 0.313 e. The van der Waals surface area contributed by atoms with Gasteiger partial charge < -0.3 is 4.57 Å². The average Bonchev–Trinajstić information content (AvgIpc) is 3.07. The second-order valence-electron chi connectivity index (χ2n) is 6.38. The van der Waals surface area contributed by atoms with Gasteiger partial charge in [0.15, 0.2) is 4.80 Å². The Bertz CT molecular complexity index is 840. The third-order valence-corrected chi connectivity index (χ3v) is 5.57. The summed E-state index contributed by atoms with van der Waals surface area (Å²) in [5.74, 6) is 0. The van der Waals surface area contributed by atoms with Gasteiger partial charge in [-0.25, -0.2) is 4.99 Å². The molecule has 0 spiro atoms. The van der Waals surface area contributed by atoms with Gasteiger partial charge in [-0.05, 0) is 30.5 Å². The Kier molecular flexibility index (Phi) is 4.61. The molecule has 0 aliphatic heterocycles. The molecule has 0 bridgehead atoms. The Morgan fingerprint density at radius 2 is 1.50 bits per heavy atom. The molecular formula is C21H22N2S. The molecule has 4 rings (SSSR count). The Morgan fingerprint density at radius 1 is 0.833 bits per heavy atom. The van der Waals surface area contributed by atoms with Crippen LogP contribution >= 0.6 is 11.3 Å². The Balaban J connectivity index is 1.85. The fraction of sp³-hybridized carbons (Fsp3) is 0.286. The zero-order valence-electron chi connectivity index (χ0n) is 13.8. The molecule has 2 aromatic carbocycles. The molecule has 0 saturated heterocycles. The van der Waals surface area contributed by atoms with Crippen molar-refractivity contribution < 1.29 is 0 Å². The van der Waals surface area contributed by atoms with Crippen molar-refractivity contribution in [3.05, 3.63) is 70.8 Å². The first-order valence-corrected chi connectivity index (χ1v) is 9.65. The minimum absolute atomic E-state index is 0.572. The molecule has 1 fully saturated rings. The van der Waals surface area contributed by atoms with Crippen LogP contribution in [0, 0.1) is 0 Å². The van der Waals surface area contributed by atoms with E-state index in [1.807, 2.05) is 6.07 Å². The summed E-state index contributed by atoms with van der Waals surface area (Å²) in [7, 11) is 0. The van der Waals surface area contributed by atoms with Crippen molar-refractivity contribution in [3.63, 3.8) is 0 Å². The molecule has 0 N–H and O–H groups in total. The molecule has 3 heteroatoms. The third kappa shape index (κ3) is 3.22. The summed E-state index contributed by atoms with van der Waals surface area (Å²) < 4.78 is 2.49. The fourth-order valence-corrected chi connectivity index (χ4v) is 4.51. The van der Waals surface area contributed by atoms with Crippen molar-refractivity contribution in [1.29, 1.82) is 0 Å². The fourth-order valence-electron chi connectivity index (χ4n) is 3.53. The lowest BCUT2D eigenvalue weighted by atomic mass is 9.95. The van der Waals surface area contributed by atoms with Crippen LogP contribution in [-0.2, 0) is 0 Å². The van der Waals surface area contributed by atoms with Gasteiger partial charge in [-0.3, -0.25) is 0 Å². The third-order valence-electron chi connectivity index (χ3n) is 4.73. The maximum absolute atomic E-state index is 4.94. The molecule has 1 heterocycles. The van der Waals surface area contributed by atoms with Gasteiger partial charge in [-0.15, -0.1) is 11.3 Å². The van der Waals surface area contributed by atoms with Crippen LogP contribution in [0.15, 0.2) is 71.0 Å². The van der Waals surface area contributed by atoms with E-state index >= 15 is 0 Å². The summed E-state index contributed by atoms with van der Waals surface area (Å²) in [6.45, 7) is 0. The topological polar surface area (TPSA) is 17.3 Å². The molecule has 1 aliphatic rings. The molecule has 1 saturated carbocycles. The van der Waals surface area contributed by atoms with E-state index in [9.17, 15) is 0 Å². The Hall–Kier alpha value is -2.13. The highest BCUT2D eigenvalue weighted by molar-refractivity contribution is 7.07. The maximum Gasteiger partial charge on any atom is 0.190 e. The van der Waals surface area contributed by atoms with E-state index in [1.165, 1.54) is 43.4 Å². The van der Waals surface area contributed by atoms with Gasteiger partial charge >= 0.3 is 0 Å². The molecular weight excluding hydrogens is 312 g/mol. The number of nitrogens with zero attached hydrogens (tertiary/aromatic N) is 2. The molecule has 0 unspecified atom stereocenters. The van der Waals surface area contributed by atoms with E-state index in [4.69, 9.17) is 4.99 Å². The van der Waals surface area contributed by atoms with Gasteiger partial charge in [-0.1, -0.05) is 67.8 Å². The summed E-state index contributed by atoms with van der Waals surface area (Å²) in [6.07, 6.45) is 6.54. The van der Waals surface area contributed by atoms with Gasteiger partial charge in [0.1, 0.15) is 0 Å². The quantitative estimate of drug-likeness (QED) is 0.563. The van der Waals surface area contributed by atoms with Gasteiger partial charge in [-0.2, -0.15) is 0 Å². The van der Waals surface area contributed by atoms with Crippen molar-refractivity contribution in [2.45, 2.75) is 38.1 Å². The first kappa shape index (κ1) is 15.4.